The molecule has 0 radical (unpaired) electrons. The van der Waals surface area contributed by atoms with E-state index in [-0.39, 0.29) is 6.42 Å². The lowest BCUT2D eigenvalue weighted by atomic mass is 10.3. The van der Waals surface area contributed by atoms with Gasteiger partial charge in [-0.25, -0.2) is 0 Å². The summed E-state index contributed by atoms with van der Waals surface area (Å²) in [7, 11) is 0. The van der Waals surface area contributed by atoms with E-state index in [1.54, 1.807) is 19.3 Å². The van der Waals surface area contributed by atoms with Crippen LogP contribution in [0.5, 0.6) is 0 Å². The number of hydrogen-bond acceptors (Lipinski definition) is 4. The van der Waals surface area contributed by atoms with Crippen molar-refractivity contribution in [2.24, 2.45) is 0 Å². The van der Waals surface area contributed by atoms with Crippen LogP contribution in [0.15, 0.2) is 18.5 Å². The average Bonchev–Trinajstić information content (AvgIpc) is 2.38. The zero-order chi connectivity index (χ0) is 9.45. The summed E-state index contributed by atoms with van der Waals surface area (Å²) in [6.45, 7) is 1.75. The molecule has 0 spiro atoms. The number of aliphatic hydroxyl groups is 3. The summed E-state index contributed by atoms with van der Waals surface area (Å²) in [6.07, 6.45) is 4.02. The van der Waals surface area contributed by atoms with Gasteiger partial charge in [-0.3, -0.25) is 5.10 Å². The first kappa shape index (κ1) is 11.1. The van der Waals surface area contributed by atoms with Gasteiger partial charge in [0.2, 0.25) is 0 Å². The van der Waals surface area contributed by atoms with Crippen LogP contribution in [-0.2, 0) is 0 Å². The highest BCUT2D eigenvalue weighted by Crippen LogP contribution is 2.01. The molecular weight excluding hydrogens is 160 g/mol. The fraction of sp³-hybridized carbons (Fsp3) is 0.571. The van der Waals surface area contributed by atoms with Gasteiger partial charge in [-0.15, -0.1) is 0 Å². The molecule has 1 aromatic rings. The molecule has 1 heterocycles. The molecule has 12 heavy (non-hydrogen) atoms. The lowest BCUT2D eigenvalue weighted by Crippen LogP contribution is -2.26. The van der Waals surface area contributed by atoms with E-state index in [4.69, 9.17) is 15.3 Å². The van der Waals surface area contributed by atoms with Gasteiger partial charge in [-0.2, -0.15) is 5.10 Å². The zero-order valence-corrected chi connectivity index (χ0v) is 6.94. The summed E-state index contributed by atoms with van der Waals surface area (Å²) in [5, 5.41) is 30.6. The van der Waals surface area contributed by atoms with Crippen molar-refractivity contribution in [1.82, 2.24) is 10.2 Å². The summed E-state index contributed by atoms with van der Waals surface area (Å²) in [5.74, 6) is -2.45. The molecule has 1 rings (SSSR count). The van der Waals surface area contributed by atoms with Gasteiger partial charge in [0.05, 0.1) is 0 Å². The minimum atomic E-state index is -2.45. The van der Waals surface area contributed by atoms with Crippen LogP contribution >= 0.6 is 0 Å². The number of nitrogens with zero attached hydrogens (tertiary/aromatic N) is 1. The van der Waals surface area contributed by atoms with E-state index in [1.807, 2.05) is 6.07 Å². The summed E-state index contributed by atoms with van der Waals surface area (Å²) in [4.78, 5) is 0. The number of rotatable bonds is 2. The highest BCUT2D eigenvalue weighted by atomic mass is 16.7. The van der Waals surface area contributed by atoms with Crippen molar-refractivity contribution in [1.29, 1.82) is 0 Å². The molecule has 0 amide bonds. The van der Waals surface area contributed by atoms with E-state index in [9.17, 15) is 0 Å². The Hall–Kier alpha value is -0.910. The van der Waals surface area contributed by atoms with Gasteiger partial charge >= 0.3 is 0 Å². The summed E-state index contributed by atoms with van der Waals surface area (Å²) in [5.41, 5.74) is 0. The average molecular weight is 174 g/mol. The standard InChI is InChI=1S/C4H10O3.C3H4N2/c1-2-3-4(5,6)7;1-2-4-5-3-1/h5-7H,2-3H2,1H3;1-3H,(H,4,5). The molecule has 0 fully saturated rings. The van der Waals surface area contributed by atoms with Crippen LogP contribution in [0.2, 0.25) is 0 Å². The molecule has 4 N–H and O–H groups in total. The molecule has 0 saturated heterocycles. The van der Waals surface area contributed by atoms with Gasteiger partial charge in [-0.1, -0.05) is 6.92 Å². The van der Waals surface area contributed by atoms with Crippen LogP contribution in [0.25, 0.3) is 0 Å². The largest absolute Gasteiger partial charge is 0.344 e. The Labute approximate surface area is 70.7 Å². The summed E-state index contributed by atoms with van der Waals surface area (Å²) >= 11 is 0. The van der Waals surface area contributed by atoms with E-state index in [0.29, 0.717) is 6.42 Å². The minimum Gasteiger partial charge on any atom is -0.344 e. The number of nitrogens with one attached hydrogen (secondary N) is 1. The fourth-order valence-electron chi connectivity index (χ4n) is 0.551. The third kappa shape index (κ3) is 9.09. The smallest absolute Gasteiger partial charge is 0.275 e. The lowest BCUT2D eigenvalue weighted by Gasteiger charge is -2.10. The Bertz CT molecular complexity index is 152. The molecule has 0 bridgehead atoms. The lowest BCUT2D eigenvalue weighted by molar-refractivity contribution is -0.314. The van der Waals surface area contributed by atoms with Crippen LogP contribution in [-0.4, -0.2) is 31.5 Å². The highest BCUT2D eigenvalue weighted by Gasteiger charge is 2.14. The van der Waals surface area contributed by atoms with Crippen molar-refractivity contribution < 1.29 is 15.3 Å². The van der Waals surface area contributed by atoms with Crippen molar-refractivity contribution in [3.8, 4) is 0 Å². The molecule has 0 aliphatic carbocycles. The summed E-state index contributed by atoms with van der Waals surface area (Å²) < 4.78 is 0. The van der Waals surface area contributed by atoms with E-state index in [0.717, 1.165) is 0 Å². The van der Waals surface area contributed by atoms with Crippen LogP contribution in [0.4, 0.5) is 0 Å². The molecule has 1 aromatic heterocycles. The van der Waals surface area contributed by atoms with E-state index in [1.165, 1.54) is 0 Å². The Morgan fingerprint density at radius 3 is 2.17 bits per heavy atom. The number of hydrogen-bond donors (Lipinski definition) is 4. The topological polar surface area (TPSA) is 89.4 Å². The Kier molecular flexibility index (Phi) is 5.27. The SMILES string of the molecule is CCCC(O)(O)O.c1cn[nH]c1. The van der Waals surface area contributed by atoms with Gasteiger partial charge in [0.1, 0.15) is 0 Å². The van der Waals surface area contributed by atoms with Crippen LogP contribution < -0.4 is 0 Å². The van der Waals surface area contributed by atoms with Gasteiger partial charge in [0.25, 0.3) is 5.97 Å². The van der Waals surface area contributed by atoms with Crippen molar-refractivity contribution in [2.45, 2.75) is 25.7 Å². The van der Waals surface area contributed by atoms with Gasteiger partial charge in [0, 0.05) is 18.8 Å². The molecule has 0 aliphatic heterocycles. The molecule has 0 saturated carbocycles. The van der Waals surface area contributed by atoms with E-state index >= 15 is 0 Å². The first-order chi connectivity index (χ1) is 5.56. The molecule has 0 atom stereocenters. The monoisotopic (exact) mass is 174 g/mol. The van der Waals surface area contributed by atoms with Crippen molar-refractivity contribution in [3.63, 3.8) is 0 Å². The van der Waals surface area contributed by atoms with Crippen molar-refractivity contribution in [2.75, 3.05) is 0 Å². The van der Waals surface area contributed by atoms with Gasteiger partial charge < -0.3 is 15.3 Å². The first-order valence-corrected chi connectivity index (χ1v) is 3.67. The highest BCUT2D eigenvalue weighted by molar-refractivity contribution is 4.72. The second-order valence-electron chi connectivity index (χ2n) is 2.29. The first-order valence-electron chi connectivity index (χ1n) is 3.67. The van der Waals surface area contributed by atoms with Crippen LogP contribution in [0.1, 0.15) is 19.8 Å². The predicted octanol–water partition coefficient (Wildman–Crippen LogP) is -0.173. The molecule has 0 aliphatic rings. The van der Waals surface area contributed by atoms with Crippen LogP contribution in [0, 0.1) is 0 Å². The Morgan fingerprint density at radius 2 is 2.08 bits per heavy atom. The molecule has 5 nitrogen and oxygen atoms in total. The number of aromatic nitrogens is 2. The number of aromatic amines is 1. The van der Waals surface area contributed by atoms with Crippen molar-refractivity contribution in [3.05, 3.63) is 18.5 Å². The minimum absolute atomic E-state index is 0.00694. The van der Waals surface area contributed by atoms with E-state index < -0.39 is 5.97 Å². The molecule has 5 heteroatoms. The normalized spacial score (nSPS) is 10.3. The third-order valence-corrected chi connectivity index (χ3v) is 0.991. The van der Waals surface area contributed by atoms with Gasteiger partial charge in [-0.05, 0) is 12.5 Å². The second-order valence-corrected chi connectivity index (χ2v) is 2.29. The number of H-pyrrole nitrogens is 1. The second kappa shape index (κ2) is 5.70. The molecule has 70 valence electrons. The Balaban J connectivity index is 0.000000211. The van der Waals surface area contributed by atoms with Crippen molar-refractivity contribution >= 4 is 0 Å². The molecule has 0 aromatic carbocycles. The maximum absolute atomic E-state index is 8.13. The maximum Gasteiger partial charge on any atom is 0.275 e. The maximum atomic E-state index is 8.13. The summed E-state index contributed by atoms with van der Waals surface area (Å²) in [6, 6.07) is 1.83. The zero-order valence-electron chi connectivity index (χ0n) is 6.94. The van der Waals surface area contributed by atoms with E-state index in [2.05, 4.69) is 10.2 Å². The van der Waals surface area contributed by atoms with Crippen LogP contribution in [0.3, 0.4) is 0 Å². The molecular formula is C7H14N2O3. The Morgan fingerprint density at radius 1 is 1.42 bits per heavy atom. The molecule has 0 unspecified atom stereocenters. The quantitative estimate of drug-likeness (QED) is 0.468. The fourth-order valence-corrected chi connectivity index (χ4v) is 0.551. The third-order valence-electron chi connectivity index (χ3n) is 0.991. The predicted molar refractivity (Wildman–Crippen MR) is 42.9 cm³/mol. The van der Waals surface area contributed by atoms with Gasteiger partial charge in [0.15, 0.2) is 0 Å².